The van der Waals surface area contributed by atoms with E-state index in [9.17, 15) is 9.59 Å². The number of nitrogens with one attached hydrogen (secondary N) is 2. The summed E-state index contributed by atoms with van der Waals surface area (Å²) in [4.78, 5) is 45.5. The molecule has 0 bridgehead atoms. The van der Waals surface area contributed by atoms with Crippen LogP contribution in [0.3, 0.4) is 0 Å². The Balaban J connectivity index is 1.12. The average Bonchev–Trinajstić information content (AvgIpc) is 3.85. The van der Waals surface area contributed by atoms with Gasteiger partial charge in [-0.2, -0.15) is 0 Å². The van der Waals surface area contributed by atoms with Gasteiger partial charge in [-0.25, -0.2) is 19.6 Å². The molecule has 2 aromatic heterocycles. The van der Waals surface area contributed by atoms with Crippen LogP contribution in [-0.2, 0) is 16.0 Å². The van der Waals surface area contributed by atoms with Gasteiger partial charge in [-0.3, -0.25) is 4.90 Å². The third-order valence-corrected chi connectivity index (χ3v) is 8.84. The molecule has 3 aromatic carbocycles. The number of amides is 2. The number of rotatable bonds is 9. The summed E-state index contributed by atoms with van der Waals surface area (Å²) >= 11 is 0. The second-order valence-electron chi connectivity index (χ2n) is 15.3. The molecule has 1 saturated heterocycles. The highest BCUT2D eigenvalue weighted by molar-refractivity contribution is 5.83. The summed E-state index contributed by atoms with van der Waals surface area (Å²) in [6.07, 6.45) is 4.87. The SMILES string of the molecule is CCCCN(Cc1nc2ccc(-c3ccc(-c4ccc(-c5cnc([C@@H]6CCCN6C(=O)OC(C)(C)C)[nH]5)cc4)cc3)cc2[nH]1)C(=O)OC(C)(C)C. The summed E-state index contributed by atoms with van der Waals surface area (Å²) in [7, 11) is 0. The minimum atomic E-state index is -0.557. The van der Waals surface area contributed by atoms with Crippen LogP contribution < -0.4 is 0 Å². The van der Waals surface area contributed by atoms with Crippen LogP contribution in [0.2, 0.25) is 0 Å². The van der Waals surface area contributed by atoms with Gasteiger partial charge in [-0.05, 0) is 101 Å². The van der Waals surface area contributed by atoms with Gasteiger partial charge in [-0.15, -0.1) is 0 Å². The number of hydrogen-bond acceptors (Lipinski definition) is 6. The average molecular weight is 691 g/mol. The molecule has 10 nitrogen and oxygen atoms in total. The molecule has 2 N–H and O–H groups in total. The highest BCUT2D eigenvalue weighted by Crippen LogP contribution is 2.34. The molecule has 0 radical (unpaired) electrons. The molecule has 1 atom stereocenters. The first-order chi connectivity index (χ1) is 24.3. The van der Waals surface area contributed by atoms with E-state index in [-0.39, 0.29) is 18.2 Å². The van der Waals surface area contributed by atoms with Crippen molar-refractivity contribution < 1.29 is 19.1 Å². The normalized spacial score (nSPS) is 15.0. The molecular formula is C41H50N6O4. The van der Waals surface area contributed by atoms with Crippen molar-refractivity contribution in [1.82, 2.24) is 29.7 Å². The number of carbonyl (C=O) groups is 2. The number of imidazole rings is 2. The Labute approximate surface area is 300 Å². The zero-order valence-corrected chi connectivity index (χ0v) is 30.9. The lowest BCUT2D eigenvalue weighted by Gasteiger charge is -2.27. The fourth-order valence-corrected chi connectivity index (χ4v) is 6.35. The molecule has 268 valence electrons. The monoisotopic (exact) mass is 690 g/mol. The Hall–Kier alpha value is -5.12. The minimum Gasteiger partial charge on any atom is -0.444 e. The van der Waals surface area contributed by atoms with Crippen LogP contribution in [0.15, 0.2) is 72.9 Å². The summed E-state index contributed by atoms with van der Waals surface area (Å²) < 4.78 is 11.3. The third-order valence-electron chi connectivity index (χ3n) is 8.84. The highest BCUT2D eigenvalue weighted by Gasteiger charge is 2.35. The van der Waals surface area contributed by atoms with Crippen molar-refractivity contribution in [2.45, 2.75) is 97.9 Å². The van der Waals surface area contributed by atoms with E-state index in [1.54, 1.807) is 9.80 Å². The van der Waals surface area contributed by atoms with Crippen LogP contribution >= 0.6 is 0 Å². The Morgan fingerprint density at radius 2 is 1.45 bits per heavy atom. The number of aromatic amines is 2. The number of ether oxygens (including phenoxy) is 2. The molecule has 1 aliphatic rings. The van der Waals surface area contributed by atoms with Crippen molar-refractivity contribution in [3.05, 3.63) is 84.6 Å². The zero-order chi connectivity index (χ0) is 36.3. The molecule has 5 aromatic rings. The molecule has 3 heterocycles. The van der Waals surface area contributed by atoms with Gasteiger partial charge in [0.1, 0.15) is 22.9 Å². The Morgan fingerprint density at radius 1 is 0.843 bits per heavy atom. The van der Waals surface area contributed by atoms with E-state index in [1.165, 1.54) is 0 Å². The van der Waals surface area contributed by atoms with Crippen LogP contribution in [-0.4, -0.2) is 66.2 Å². The highest BCUT2D eigenvalue weighted by atomic mass is 16.6. The quantitative estimate of drug-likeness (QED) is 0.159. The second kappa shape index (κ2) is 14.6. The third kappa shape index (κ3) is 8.79. The van der Waals surface area contributed by atoms with Crippen LogP contribution in [0.4, 0.5) is 9.59 Å². The van der Waals surface area contributed by atoms with Gasteiger partial charge in [0.25, 0.3) is 0 Å². The van der Waals surface area contributed by atoms with Crippen LogP contribution in [0.1, 0.15) is 91.8 Å². The number of aromatic nitrogens is 4. The molecule has 0 aliphatic carbocycles. The topological polar surface area (TPSA) is 116 Å². The number of nitrogens with zero attached hydrogens (tertiary/aromatic N) is 4. The maximum Gasteiger partial charge on any atom is 0.410 e. The van der Waals surface area contributed by atoms with Crippen molar-refractivity contribution in [3.8, 4) is 33.5 Å². The van der Waals surface area contributed by atoms with Crippen molar-refractivity contribution in [2.75, 3.05) is 13.1 Å². The fraction of sp³-hybridized carbons (Fsp3) is 0.415. The predicted molar refractivity (Wildman–Crippen MR) is 201 cm³/mol. The number of benzene rings is 3. The lowest BCUT2D eigenvalue weighted by atomic mass is 9.99. The van der Waals surface area contributed by atoms with E-state index >= 15 is 0 Å². The van der Waals surface area contributed by atoms with Crippen molar-refractivity contribution in [3.63, 3.8) is 0 Å². The second-order valence-corrected chi connectivity index (χ2v) is 15.3. The number of H-pyrrole nitrogens is 2. The summed E-state index contributed by atoms with van der Waals surface area (Å²) in [5, 5.41) is 0. The van der Waals surface area contributed by atoms with E-state index < -0.39 is 11.2 Å². The first-order valence-electron chi connectivity index (χ1n) is 18.0. The Morgan fingerprint density at radius 3 is 2.08 bits per heavy atom. The fourth-order valence-electron chi connectivity index (χ4n) is 6.35. The first-order valence-corrected chi connectivity index (χ1v) is 18.0. The molecule has 1 aliphatic heterocycles. The van der Waals surface area contributed by atoms with Gasteiger partial charge in [0.05, 0.1) is 35.5 Å². The summed E-state index contributed by atoms with van der Waals surface area (Å²) in [6.45, 7) is 15.1. The van der Waals surface area contributed by atoms with Gasteiger partial charge < -0.3 is 24.3 Å². The van der Waals surface area contributed by atoms with Gasteiger partial charge >= 0.3 is 12.2 Å². The largest absolute Gasteiger partial charge is 0.444 e. The van der Waals surface area contributed by atoms with Crippen LogP contribution in [0.5, 0.6) is 0 Å². The Bertz CT molecular complexity index is 1960. The molecule has 6 rings (SSSR count). The lowest BCUT2D eigenvalue weighted by Crippen LogP contribution is -2.37. The molecule has 0 spiro atoms. The molecule has 2 amide bonds. The molecule has 0 unspecified atom stereocenters. The summed E-state index contributed by atoms with van der Waals surface area (Å²) in [5.41, 5.74) is 7.05. The van der Waals surface area contributed by atoms with Gasteiger partial charge in [0.2, 0.25) is 0 Å². The van der Waals surface area contributed by atoms with Crippen molar-refractivity contribution >= 4 is 23.2 Å². The van der Waals surface area contributed by atoms with E-state index in [0.29, 0.717) is 19.6 Å². The molecule has 1 fully saturated rings. The van der Waals surface area contributed by atoms with Gasteiger partial charge in [0.15, 0.2) is 0 Å². The minimum absolute atomic E-state index is 0.118. The summed E-state index contributed by atoms with van der Waals surface area (Å²) in [6, 6.07) is 23.1. The van der Waals surface area contributed by atoms with Gasteiger partial charge in [0, 0.05) is 13.1 Å². The van der Waals surface area contributed by atoms with E-state index in [1.807, 2.05) is 53.8 Å². The smallest absolute Gasteiger partial charge is 0.410 e. The number of hydrogen-bond donors (Lipinski definition) is 2. The maximum atomic E-state index is 12.9. The summed E-state index contributed by atoms with van der Waals surface area (Å²) in [5.74, 6) is 1.52. The Kier molecular flexibility index (Phi) is 10.2. The standard InChI is InChI=1S/C41H50N6O4/c1-8-9-22-46(38(48)50-40(2,3)4)26-36-43-32-21-20-31(24-33(32)44-36)29-14-12-27(13-15-29)28-16-18-30(19-17-28)34-25-42-37(45-34)35-11-10-23-47(35)39(49)51-41(5,6)7/h12-21,24-25,35H,8-11,22-23,26H2,1-7H3,(H,42,45)(H,43,44)/t35-/m0/s1. The van der Waals surface area contributed by atoms with E-state index in [4.69, 9.17) is 14.5 Å². The molecule has 0 saturated carbocycles. The van der Waals surface area contributed by atoms with Crippen LogP contribution in [0.25, 0.3) is 44.5 Å². The van der Waals surface area contributed by atoms with Crippen molar-refractivity contribution in [2.24, 2.45) is 0 Å². The van der Waals surface area contributed by atoms with Crippen LogP contribution in [0, 0.1) is 0 Å². The maximum absolute atomic E-state index is 12.9. The van der Waals surface area contributed by atoms with Crippen molar-refractivity contribution in [1.29, 1.82) is 0 Å². The first kappa shape index (κ1) is 35.7. The number of likely N-dealkylation sites (tertiary alicyclic amines) is 1. The zero-order valence-electron chi connectivity index (χ0n) is 30.9. The van der Waals surface area contributed by atoms with E-state index in [2.05, 4.69) is 82.5 Å². The molecular weight excluding hydrogens is 640 g/mol. The number of unbranched alkanes of at least 4 members (excludes halogenated alkanes) is 1. The predicted octanol–water partition coefficient (Wildman–Crippen LogP) is 9.90. The molecule has 10 heteroatoms. The number of carbonyl (C=O) groups excluding carboxylic acids is 2. The van der Waals surface area contributed by atoms with Gasteiger partial charge in [-0.1, -0.05) is 67.9 Å². The van der Waals surface area contributed by atoms with E-state index in [0.717, 1.165) is 81.9 Å². The molecule has 51 heavy (non-hydrogen) atoms. The number of fused-ring (bicyclic) bond motifs is 1. The lowest BCUT2D eigenvalue weighted by molar-refractivity contribution is 0.0212.